The van der Waals surface area contributed by atoms with Gasteiger partial charge in [0.15, 0.2) is 9.84 Å². The minimum absolute atomic E-state index is 0.0595. The van der Waals surface area contributed by atoms with Crippen LogP contribution in [-0.2, 0) is 22.1 Å². The van der Waals surface area contributed by atoms with Crippen LogP contribution in [0.4, 0.5) is 0 Å². The van der Waals surface area contributed by atoms with Gasteiger partial charge in [-0.15, -0.1) is 11.3 Å². The molecule has 0 fully saturated rings. The van der Waals surface area contributed by atoms with Gasteiger partial charge in [0.2, 0.25) is 0 Å². The second-order valence-corrected chi connectivity index (χ2v) is 8.37. The Kier molecular flexibility index (Phi) is 5.75. The predicted octanol–water partition coefficient (Wildman–Crippen LogP) is 2.27. The van der Waals surface area contributed by atoms with Crippen LogP contribution in [0.15, 0.2) is 0 Å². The van der Waals surface area contributed by atoms with E-state index in [-0.39, 0.29) is 11.0 Å². The molecule has 1 N–H and O–H groups in total. The maximum Gasteiger partial charge on any atom is 0.159 e. The van der Waals surface area contributed by atoms with Crippen molar-refractivity contribution in [1.29, 1.82) is 0 Å². The van der Waals surface area contributed by atoms with Crippen LogP contribution in [-0.4, -0.2) is 25.2 Å². The van der Waals surface area contributed by atoms with E-state index >= 15 is 0 Å². The average Bonchev–Trinajstić information content (AvgIpc) is 2.58. The van der Waals surface area contributed by atoms with Crippen LogP contribution in [0.5, 0.6) is 0 Å². The SMILES string of the molecule is CCCNCc1sc(CS(=O)(=O)C(C)C)nc1C. The van der Waals surface area contributed by atoms with Crippen LogP contribution in [0, 0.1) is 6.92 Å². The van der Waals surface area contributed by atoms with Crippen molar-refractivity contribution >= 4 is 21.2 Å². The standard InChI is InChI=1S/C12H22N2O2S2/c1-5-6-13-7-11-10(4)14-12(17-11)8-18(15,16)9(2)3/h9,13H,5-8H2,1-4H3. The Morgan fingerprint density at radius 2 is 2.06 bits per heavy atom. The second-order valence-electron chi connectivity index (χ2n) is 4.65. The van der Waals surface area contributed by atoms with E-state index in [2.05, 4.69) is 17.2 Å². The fourth-order valence-electron chi connectivity index (χ4n) is 1.43. The van der Waals surface area contributed by atoms with Crippen molar-refractivity contribution in [3.63, 3.8) is 0 Å². The molecular weight excluding hydrogens is 268 g/mol. The summed E-state index contributed by atoms with van der Waals surface area (Å²) in [5, 5.41) is 3.67. The molecule has 0 saturated carbocycles. The van der Waals surface area contributed by atoms with Crippen molar-refractivity contribution in [3.05, 3.63) is 15.6 Å². The van der Waals surface area contributed by atoms with Crippen molar-refractivity contribution in [2.24, 2.45) is 0 Å². The average molecular weight is 290 g/mol. The van der Waals surface area contributed by atoms with Crippen molar-refractivity contribution in [2.75, 3.05) is 6.54 Å². The Bertz CT molecular complexity index is 478. The number of thiazole rings is 1. The normalized spacial score (nSPS) is 12.3. The molecular formula is C12H22N2O2S2. The minimum atomic E-state index is -3.05. The Morgan fingerprint density at radius 3 is 2.61 bits per heavy atom. The number of hydrogen-bond acceptors (Lipinski definition) is 5. The smallest absolute Gasteiger partial charge is 0.159 e. The highest BCUT2D eigenvalue weighted by Crippen LogP contribution is 2.21. The van der Waals surface area contributed by atoms with Crippen molar-refractivity contribution in [3.8, 4) is 0 Å². The molecule has 0 saturated heterocycles. The number of rotatable bonds is 7. The molecule has 0 aromatic carbocycles. The van der Waals surface area contributed by atoms with Crippen molar-refractivity contribution < 1.29 is 8.42 Å². The summed E-state index contributed by atoms with van der Waals surface area (Å²) in [5.41, 5.74) is 0.942. The molecule has 0 atom stereocenters. The van der Waals surface area contributed by atoms with Gasteiger partial charge in [-0.25, -0.2) is 13.4 Å². The number of aryl methyl sites for hydroxylation is 1. The monoisotopic (exact) mass is 290 g/mol. The highest BCUT2D eigenvalue weighted by Gasteiger charge is 2.19. The molecule has 0 aliphatic rings. The summed E-state index contributed by atoms with van der Waals surface area (Å²) in [7, 11) is -3.05. The molecule has 1 heterocycles. The summed E-state index contributed by atoms with van der Waals surface area (Å²) in [4.78, 5) is 5.49. The number of nitrogens with one attached hydrogen (secondary N) is 1. The van der Waals surface area contributed by atoms with E-state index in [0.717, 1.165) is 30.1 Å². The lowest BCUT2D eigenvalue weighted by molar-refractivity contribution is 0.586. The Morgan fingerprint density at radius 1 is 1.39 bits per heavy atom. The highest BCUT2D eigenvalue weighted by atomic mass is 32.2. The third-order valence-electron chi connectivity index (χ3n) is 2.69. The zero-order chi connectivity index (χ0) is 13.8. The molecule has 0 spiro atoms. The fraction of sp³-hybridized carbons (Fsp3) is 0.750. The Hall–Kier alpha value is -0.460. The lowest BCUT2D eigenvalue weighted by Gasteiger charge is -2.04. The summed E-state index contributed by atoms with van der Waals surface area (Å²) in [6.07, 6.45) is 1.09. The van der Waals surface area contributed by atoms with Gasteiger partial charge in [-0.05, 0) is 33.7 Å². The molecule has 0 radical (unpaired) electrons. The van der Waals surface area contributed by atoms with E-state index in [9.17, 15) is 8.42 Å². The maximum absolute atomic E-state index is 11.8. The molecule has 0 bridgehead atoms. The summed E-state index contributed by atoms with van der Waals surface area (Å²) < 4.78 is 23.7. The van der Waals surface area contributed by atoms with Gasteiger partial charge in [0.05, 0.1) is 10.9 Å². The third-order valence-corrected chi connectivity index (χ3v) is 6.14. The summed E-state index contributed by atoms with van der Waals surface area (Å²) in [5.74, 6) is 0.0595. The molecule has 0 amide bonds. The van der Waals surface area contributed by atoms with E-state index in [4.69, 9.17) is 0 Å². The molecule has 1 aromatic rings. The van der Waals surface area contributed by atoms with Crippen molar-refractivity contribution in [1.82, 2.24) is 10.3 Å². The lowest BCUT2D eigenvalue weighted by atomic mass is 10.4. The van der Waals surface area contributed by atoms with Gasteiger partial charge in [-0.3, -0.25) is 0 Å². The van der Waals surface area contributed by atoms with Gasteiger partial charge in [0, 0.05) is 11.4 Å². The zero-order valence-corrected chi connectivity index (χ0v) is 13.1. The third kappa shape index (κ3) is 4.33. The van der Waals surface area contributed by atoms with Gasteiger partial charge >= 0.3 is 0 Å². The Labute approximate surface area is 114 Å². The number of sulfone groups is 1. The summed E-state index contributed by atoms with van der Waals surface area (Å²) in [6, 6.07) is 0. The van der Waals surface area contributed by atoms with Gasteiger partial charge in [-0.1, -0.05) is 6.92 Å². The first-order valence-electron chi connectivity index (χ1n) is 6.24. The van der Waals surface area contributed by atoms with E-state index in [1.165, 1.54) is 11.3 Å². The van der Waals surface area contributed by atoms with Crippen LogP contribution in [0.25, 0.3) is 0 Å². The van der Waals surface area contributed by atoms with Crippen LogP contribution in [0.1, 0.15) is 42.8 Å². The number of hydrogen-bond donors (Lipinski definition) is 1. The first-order valence-corrected chi connectivity index (χ1v) is 8.77. The number of nitrogens with zero attached hydrogens (tertiary/aromatic N) is 1. The second kappa shape index (κ2) is 6.63. The first-order chi connectivity index (χ1) is 8.36. The minimum Gasteiger partial charge on any atom is -0.312 e. The predicted molar refractivity (Wildman–Crippen MR) is 76.6 cm³/mol. The van der Waals surface area contributed by atoms with Gasteiger partial charge < -0.3 is 5.32 Å². The van der Waals surface area contributed by atoms with E-state index < -0.39 is 9.84 Å². The van der Waals surface area contributed by atoms with Gasteiger partial charge in [0.25, 0.3) is 0 Å². The van der Waals surface area contributed by atoms with Gasteiger partial charge in [0.1, 0.15) is 10.8 Å². The molecule has 4 nitrogen and oxygen atoms in total. The molecule has 18 heavy (non-hydrogen) atoms. The fourth-order valence-corrected chi connectivity index (χ4v) is 3.74. The number of aromatic nitrogens is 1. The molecule has 0 aliphatic carbocycles. The van der Waals surface area contributed by atoms with Gasteiger partial charge in [-0.2, -0.15) is 0 Å². The quantitative estimate of drug-likeness (QED) is 0.783. The zero-order valence-electron chi connectivity index (χ0n) is 11.5. The molecule has 0 unspecified atom stereocenters. The van der Waals surface area contributed by atoms with Crippen molar-refractivity contribution in [2.45, 2.75) is 51.7 Å². The first kappa shape index (κ1) is 15.6. The van der Waals surface area contributed by atoms with E-state index in [1.807, 2.05) is 6.92 Å². The summed E-state index contributed by atoms with van der Waals surface area (Å²) in [6.45, 7) is 9.22. The Balaban J connectivity index is 2.72. The topological polar surface area (TPSA) is 59.1 Å². The molecule has 1 aromatic heterocycles. The molecule has 0 aliphatic heterocycles. The van der Waals surface area contributed by atoms with Crippen LogP contribution < -0.4 is 5.32 Å². The van der Waals surface area contributed by atoms with Crippen LogP contribution in [0.2, 0.25) is 0 Å². The lowest BCUT2D eigenvalue weighted by Crippen LogP contribution is -2.15. The maximum atomic E-state index is 11.8. The van der Waals surface area contributed by atoms with E-state index in [0.29, 0.717) is 5.01 Å². The molecule has 104 valence electrons. The highest BCUT2D eigenvalue weighted by molar-refractivity contribution is 7.91. The molecule has 1 rings (SSSR count). The van der Waals surface area contributed by atoms with E-state index in [1.54, 1.807) is 13.8 Å². The summed E-state index contributed by atoms with van der Waals surface area (Å²) >= 11 is 1.50. The van der Waals surface area contributed by atoms with Crippen LogP contribution in [0.3, 0.4) is 0 Å². The van der Waals surface area contributed by atoms with Crippen LogP contribution >= 0.6 is 11.3 Å². The largest absolute Gasteiger partial charge is 0.312 e. The molecule has 6 heteroatoms.